The van der Waals surface area contributed by atoms with Gasteiger partial charge in [0.25, 0.3) is 0 Å². The zero-order chi connectivity index (χ0) is 9.68. The van der Waals surface area contributed by atoms with E-state index in [4.69, 9.17) is 0 Å². The maximum absolute atomic E-state index is 11.3. The van der Waals surface area contributed by atoms with Gasteiger partial charge in [-0.2, -0.15) is 0 Å². The molecular formula is C11H15NO. The lowest BCUT2D eigenvalue weighted by atomic mass is 10.3. The fraction of sp³-hybridized carbons (Fsp3) is 0.364. The van der Waals surface area contributed by atoms with E-state index in [1.807, 2.05) is 19.1 Å². The molecule has 0 spiro atoms. The maximum atomic E-state index is 11.3. The van der Waals surface area contributed by atoms with Crippen molar-refractivity contribution in [3.05, 3.63) is 36.6 Å². The second-order valence-electron chi connectivity index (χ2n) is 3.12. The van der Waals surface area contributed by atoms with Crippen molar-refractivity contribution in [1.82, 2.24) is 5.32 Å². The Kier molecular flexibility index (Phi) is 3.50. The molecule has 2 heteroatoms. The number of allylic oxidation sites excluding steroid dienone is 4. The van der Waals surface area contributed by atoms with E-state index in [1.165, 1.54) is 0 Å². The smallest absolute Gasteiger partial charge is 0.227 e. The molecule has 70 valence electrons. The molecule has 0 aromatic carbocycles. The summed E-state index contributed by atoms with van der Waals surface area (Å²) in [7, 11) is 0. The van der Waals surface area contributed by atoms with Gasteiger partial charge in [-0.25, -0.2) is 0 Å². The van der Waals surface area contributed by atoms with Gasteiger partial charge < -0.3 is 5.32 Å². The third kappa shape index (κ3) is 3.28. The average molecular weight is 177 g/mol. The molecule has 0 heterocycles. The summed E-state index contributed by atoms with van der Waals surface area (Å²) in [4.78, 5) is 11.3. The molecule has 13 heavy (non-hydrogen) atoms. The monoisotopic (exact) mass is 177 g/mol. The van der Waals surface area contributed by atoms with Crippen molar-refractivity contribution < 1.29 is 4.79 Å². The van der Waals surface area contributed by atoms with Crippen LogP contribution in [-0.4, -0.2) is 5.91 Å². The van der Waals surface area contributed by atoms with Gasteiger partial charge in [-0.15, -0.1) is 0 Å². The lowest BCUT2D eigenvalue weighted by Crippen LogP contribution is -2.23. The Morgan fingerprint density at radius 2 is 2.23 bits per heavy atom. The van der Waals surface area contributed by atoms with Crippen molar-refractivity contribution in [2.24, 2.45) is 5.92 Å². The molecule has 0 aromatic rings. The molecule has 0 saturated heterocycles. The molecule has 0 bridgehead atoms. The first-order valence-corrected chi connectivity index (χ1v) is 4.54. The minimum absolute atomic E-state index is 0.131. The van der Waals surface area contributed by atoms with Gasteiger partial charge in [0.15, 0.2) is 0 Å². The first-order chi connectivity index (χ1) is 6.27. The first kappa shape index (κ1) is 9.78. The van der Waals surface area contributed by atoms with E-state index < -0.39 is 0 Å². The Morgan fingerprint density at radius 3 is 2.69 bits per heavy atom. The first-order valence-electron chi connectivity index (χ1n) is 4.54. The fourth-order valence-corrected chi connectivity index (χ4v) is 1.04. The van der Waals surface area contributed by atoms with Crippen molar-refractivity contribution in [1.29, 1.82) is 0 Å². The second kappa shape index (κ2) is 4.65. The molecule has 0 unspecified atom stereocenters. The molecule has 1 N–H and O–H groups in total. The van der Waals surface area contributed by atoms with Crippen LogP contribution in [0.15, 0.2) is 36.6 Å². The Hall–Kier alpha value is -1.31. The molecule has 1 aliphatic rings. The molecule has 0 aliphatic heterocycles. The Morgan fingerprint density at radius 1 is 1.54 bits per heavy atom. The van der Waals surface area contributed by atoms with Crippen LogP contribution < -0.4 is 5.32 Å². The van der Waals surface area contributed by atoms with Crippen LogP contribution in [-0.2, 0) is 4.79 Å². The van der Waals surface area contributed by atoms with Crippen LogP contribution in [0.3, 0.4) is 0 Å². The van der Waals surface area contributed by atoms with Crippen LogP contribution >= 0.6 is 0 Å². The molecule has 0 aromatic heterocycles. The van der Waals surface area contributed by atoms with E-state index in [1.54, 1.807) is 12.2 Å². The quantitative estimate of drug-likeness (QED) is 0.655. The van der Waals surface area contributed by atoms with Crippen LogP contribution in [0.2, 0.25) is 0 Å². The van der Waals surface area contributed by atoms with Crippen molar-refractivity contribution in [3.8, 4) is 0 Å². The average Bonchev–Trinajstić information content (AvgIpc) is 2.87. The second-order valence-corrected chi connectivity index (χ2v) is 3.12. The summed E-state index contributed by atoms with van der Waals surface area (Å²) in [6, 6.07) is 0. The lowest BCUT2D eigenvalue weighted by molar-refractivity contribution is -0.121. The lowest BCUT2D eigenvalue weighted by Gasteiger charge is -2.03. The zero-order valence-electron chi connectivity index (χ0n) is 7.92. The predicted octanol–water partition coefficient (Wildman–Crippen LogP) is 2.16. The number of hydrogen-bond donors (Lipinski definition) is 1. The molecule has 1 amide bonds. The molecule has 0 radical (unpaired) electrons. The molecule has 2 nitrogen and oxygen atoms in total. The van der Waals surface area contributed by atoms with Crippen LogP contribution in [0.4, 0.5) is 0 Å². The summed E-state index contributed by atoms with van der Waals surface area (Å²) < 4.78 is 0. The highest BCUT2D eigenvalue weighted by Gasteiger charge is 2.29. The fourth-order valence-electron chi connectivity index (χ4n) is 1.04. The summed E-state index contributed by atoms with van der Waals surface area (Å²) in [6.45, 7) is 5.51. The number of hydrogen-bond acceptors (Lipinski definition) is 1. The molecule has 0 atom stereocenters. The van der Waals surface area contributed by atoms with Crippen LogP contribution in [0.25, 0.3) is 0 Å². The molecule has 1 aliphatic carbocycles. The Bertz CT molecular complexity index is 259. The molecule has 1 fully saturated rings. The van der Waals surface area contributed by atoms with E-state index >= 15 is 0 Å². The number of carbonyl (C=O) groups is 1. The van der Waals surface area contributed by atoms with Gasteiger partial charge in [0.05, 0.1) is 0 Å². The summed E-state index contributed by atoms with van der Waals surface area (Å²) in [5, 5.41) is 2.84. The van der Waals surface area contributed by atoms with Crippen LogP contribution in [0, 0.1) is 5.92 Å². The van der Waals surface area contributed by atoms with E-state index in [-0.39, 0.29) is 11.8 Å². The molecule has 1 rings (SSSR count). The topological polar surface area (TPSA) is 29.1 Å². The number of nitrogens with one attached hydrogen (secondary N) is 1. The van der Waals surface area contributed by atoms with Gasteiger partial charge in [0.1, 0.15) is 0 Å². The summed E-state index contributed by atoms with van der Waals surface area (Å²) in [6.07, 6.45) is 9.28. The standard InChI is InChI=1S/C11H15NO/c1-3-5-10(6-4-2)12-11(13)9-7-8-9/h3-6,9H,1,7-8H2,2H3,(H,12,13)/b6-4-,10-5+. The van der Waals surface area contributed by atoms with E-state index in [0.717, 1.165) is 18.5 Å². The Balaban J connectivity index is 2.50. The number of amides is 1. The van der Waals surface area contributed by atoms with Crippen LogP contribution in [0.1, 0.15) is 19.8 Å². The van der Waals surface area contributed by atoms with E-state index in [9.17, 15) is 4.79 Å². The van der Waals surface area contributed by atoms with Gasteiger partial charge in [-0.3, -0.25) is 4.79 Å². The predicted molar refractivity (Wildman–Crippen MR) is 54.0 cm³/mol. The number of rotatable bonds is 4. The van der Waals surface area contributed by atoms with Gasteiger partial charge >= 0.3 is 0 Å². The summed E-state index contributed by atoms with van der Waals surface area (Å²) in [5.74, 6) is 0.379. The molecular weight excluding hydrogens is 162 g/mol. The van der Waals surface area contributed by atoms with Gasteiger partial charge in [0, 0.05) is 11.6 Å². The highest BCUT2D eigenvalue weighted by Crippen LogP contribution is 2.29. The van der Waals surface area contributed by atoms with Crippen LogP contribution in [0.5, 0.6) is 0 Å². The number of carbonyl (C=O) groups excluding carboxylic acids is 1. The van der Waals surface area contributed by atoms with Crippen molar-refractivity contribution in [3.63, 3.8) is 0 Å². The summed E-state index contributed by atoms with van der Waals surface area (Å²) >= 11 is 0. The largest absolute Gasteiger partial charge is 0.326 e. The van der Waals surface area contributed by atoms with Crippen molar-refractivity contribution in [2.45, 2.75) is 19.8 Å². The van der Waals surface area contributed by atoms with Gasteiger partial charge in [-0.05, 0) is 31.9 Å². The zero-order valence-corrected chi connectivity index (χ0v) is 7.92. The third-order valence-electron chi connectivity index (χ3n) is 1.86. The summed E-state index contributed by atoms with van der Waals surface area (Å²) in [5.41, 5.74) is 0.814. The highest BCUT2D eigenvalue weighted by molar-refractivity contribution is 5.82. The van der Waals surface area contributed by atoms with E-state index in [2.05, 4.69) is 11.9 Å². The van der Waals surface area contributed by atoms with Crippen molar-refractivity contribution >= 4 is 5.91 Å². The highest BCUT2D eigenvalue weighted by atomic mass is 16.2. The SMILES string of the molecule is C=C/C=C(\C=C/C)NC(=O)C1CC1. The normalized spacial score (nSPS) is 17.5. The molecule has 1 saturated carbocycles. The maximum Gasteiger partial charge on any atom is 0.227 e. The third-order valence-corrected chi connectivity index (χ3v) is 1.86. The van der Waals surface area contributed by atoms with Gasteiger partial charge in [0.2, 0.25) is 5.91 Å². The minimum Gasteiger partial charge on any atom is -0.326 e. The van der Waals surface area contributed by atoms with Gasteiger partial charge in [-0.1, -0.05) is 18.7 Å². The minimum atomic E-state index is 0.131. The van der Waals surface area contributed by atoms with E-state index in [0.29, 0.717) is 0 Å². The van der Waals surface area contributed by atoms with Crippen molar-refractivity contribution in [2.75, 3.05) is 0 Å². The Labute approximate surface area is 79.0 Å².